The van der Waals surface area contributed by atoms with Gasteiger partial charge in [0.1, 0.15) is 11.1 Å². The third-order valence-electron chi connectivity index (χ3n) is 4.11. The van der Waals surface area contributed by atoms with Gasteiger partial charge >= 0.3 is 0 Å². The largest absolute Gasteiger partial charge is 0.371 e. The van der Waals surface area contributed by atoms with E-state index in [1.807, 2.05) is 0 Å². The van der Waals surface area contributed by atoms with Gasteiger partial charge in [-0.1, -0.05) is 11.3 Å². The van der Waals surface area contributed by atoms with Gasteiger partial charge in [-0.2, -0.15) is 0 Å². The second kappa shape index (κ2) is 6.34. The standard InChI is InChI=1S/C14H18N6O2S/c21-12(7-20-4-3-9-10(6-20)16-8-15-9)17-14-19-18-13(23-14)11-2-1-5-22-11/h8,11H,1-7H2,(H,15,16)(H,17,19,21)/t11-/m0/s1. The molecule has 0 radical (unpaired) electrons. The van der Waals surface area contributed by atoms with Crippen LogP contribution in [0.25, 0.3) is 0 Å². The number of amides is 1. The van der Waals surface area contributed by atoms with Gasteiger partial charge in [0.15, 0.2) is 0 Å². The lowest BCUT2D eigenvalue weighted by Crippen LogP contribution is -2.37. The number of nitrogens with zero attached hydrogens (tertiary/aromatic N) is 4. The molecule has 8 nitrogen and oxygen atoms in total. The predicted octanol–water partition coefficient (Wildman–Crippen LogP) is 1.11. The van der Waals surface area contributed by atoms with Crippen molar-refractivity contribution in [3.8, 4) is 0 Å². The molecule has 1 atom stereocenters. The summed E-state index contributed by atoms with van der Waals surface area (Å²) in [5.41, 5.74) is 2.20. The maximum Gasteiger partial charge on any atom is 0.240 e. The van der Waals surface area contributed by atoms with Gasteiger partial charge in [-0.3, -0.25) is 15.0 Å². The number of imidazole rings is 1. The molecule has 0 unspecified atom stereocenters. The average molecular weight is 334 g/mol. The van der Waals surface area contributed by atoms with E-state index in [1.165, 1.54) is 11.3 Å². The molecule has 2 aliphatic heterocycles. The molecule has 0 saturated carbocycles. The van der Waals surface area contributed by atoms with E-state index in [2.05, 4.69) is 30.4 Å². The van der Waals surface area contributed by atoms with Crippen LogP contribution in [-0.4, -0.2) is 50.7 Å². The van der Waals surface area contributed by atoms with Gasteiger partial charge in [-0.15, -0.1) is 10.2 Å². The second-order valence-corrected chi connectivity index (χ2v) is 6.79. The van der Waals surface area contributed by atoms with Crippen LogP contribution >= 0.6 is 11.3 Å². The van der Waals surface area contributed by atoms with E-state index in [-0.39, 0.29) is 12.0 Å². The number of hydrogen-bond donors (Lipinski definition) is 2. The Labute approximate surface area is 137 Å². The fourth-order valence-electron chi connectivity index (χ4n) is 2.95. The summed E-state index contributed by atoms with van der Waals surface area (Å²) in [6.45, 7) is 2.67. The molecule has 1 fully saturated rings. The number of carbonyl (C=O) groups is 1. The Morgan fingerprint density at radius 3 is 3.35 bits per heavy atom. The molecule has 2 aliphatic rings. The fourth-order valence-corrected chi connectivity index (χ4v) is 3.80. The molecular formula is C14H18N6O2S. The van der Waals surface area contributed by atoms with Gasteiger partial charge in [0, 0.05) is 26.1 Å². The molecule has 4 heterocycles. The van der Waals surface area contributed by atoms with Gasteiger partial charge in [0.05, 0.1) is 24.3 Å². The highest BCUT2D eigenvalue weighted by Crippen LogP contribution is 2.31. The highest BCUT2D eigenvalue weighted by molar-refractivity contribution is 7.15. The van der Waals surface area contributed by atoms with Crippen LogP contribution in [0, 0.1) is 0 Å². The fraction of sp³-hybridized carbons (Fsp3) is 0.571. The Balaban J connectivity index is 1.32. The number of aromatic nitrogens is 4. The first-order valence-corrected chi connectivity index (χ1v) is 8.58. The first-order valence-electron chi connectivity index (χ1n) is 7.76. The molecule has 23 heavy (non-hydrogen) atoms. The minimum atomic E-state index is -0.0667. The summed E-state index contributed by atoms with van der Waals surface area (Å²) < 4.78 is 5.58. The van der Waals surface area contributed by atoms with E-state index < -0.39 is 0 Å². The zero-order valence-corrected chi connectivity index (χ0v) is 13.4. The average Bonchev–Trinajstić information content (AvgIpc) is 3.27. The number of aromatic amines is 1. The molecule has 2 N–H and O–H groups in total. The number of rotatable bonds is 4. The van der Waals surface area contributed by atoms with E-state index in [1.54, 1.807) is 6.33 Å². The molecule has 2 aromatic heterocycles. The van der Waals surface area contributed by atoms with E-state index in [4.69, 9.17) is 4.74 Å². The summed E-state index contributed by atoms with van der Waals surface area (Å²) in [7, 11) is 0. The lowest BCUT2D eigenvalue weighted by atomic mass is 10.1. The normalized spacial score (nSPS) is 21.3. The van der Waals surface area contributed by atoms with Crippen molar-refractivity contribution in [2.75, 3.05) is 25.0 Å². The quantitative estimate of drug-likeness (QED) is 0.869. The van der Waals surface area contributed by atoms with Crippen molar-refractivity contribution < 1.29 is 9.53 Å². The second-order valence-electron chi connectivity index (χ2n) is 5.78. The van der Waals surface area contributed by atoms with Crippen molar-refractivity contribution >= 4 is 22.4 Å². The van der Waals surface area contributed by atoms with Crippen molar-refractivity contribution in [3.05, 3.63) is 22.7 Å². The van der Waals surface area contributed by atoms with Crippen molar-refractivity contribution in [1.29, 1.82) is 0 Å². The monoisotopic (exact) mass is 334 g/mol. The van der Waals surface area contributed by atoms with Crippen molar-refractivity contribution in [2.45, 2.75) is 31.9 Å². The van der Waals surface area contributed by atoms with Gasteiger partial charge in [-0.25, -0.2) is 4.98 Å². The Kier molecular flexibility index (Phi) is 4.06. The molecule has 122 valence electrons. The van der Waals surface area contributed by atoms with Gasteiger partial charge in [-0.05, 0) is 12.8 Å². The number of H-pyrrole nitrogens is 1. The van der Waals surface area contributed by atoms with Crippen LogP contribution in [0.5, 0.6) is 0 Å². The lowest BCUT2D eigenvalue weighted by molar-refractivity contribution is -0.117. The maximum atomic E-state index is 12.2. The number of hydrogen-bond acceptors (Lipinski definition) is 7. The van der Waals surface area contributed by atoms with Gasteiger partial charge in [0.2, 0.25) is 11.0 Å². The smallest absolute Gasteiger partial charge is 0.240 e. The predicted molar refractivity (Wildman–Crippen MR) is 84.0 cm³/mol. The Hall–Kier alpha value is -1.84. The molecule has 0 spiro atoms. The minimum absolute atomic E-state index is 0.0408. The first-order chi connectivity index (χ1) is 11.3. The van der Waals surface area contributed by atoms with Crippen LogP contribution in [0.2, 0.25) is 0 Å². The van der Waals surface area contributed by atoms with Crippen molar-refractivity contribution in [2.24, 2.45) is 0 Å². The molecular weight excluding hydrogens is 316 g/mol. The maximum absolute atomic E-state index is 12.2. The third-order valence-corrected chi connectivity index (χ3v) is 5.04. The zero-order chi connectivity index (χ0) is 15.6. The Bertz CT molecular complexity index is 693. The highest BCUT2D eigenvalue weighted by Gasteiger charge is 2.23. The molecule has 9 heteroatoms. The van der Waals surface area contributed by atoms with E-state index >= 15 is 0 Å². The summed E-state index contributed by atoms with van der Waals surface area (Å²) in [5, 5.41) is 12.4. The molecule has 4 rings (SSSR count). The third kappa shape index (κ3) is 3.26. The van der Waals surface area contributed by atoms with Crippen LogP contribution in [-0.2, 0) is 22.5 Å². The molecule has 0 bridgehead atoms. The Morgan fingerprint density at radius 2 is 2.48 bits per heavy atom. The van der Waals surface area contributed by atoms with E-state index in [0.717, 1.165) is 55.4 Å². The number of carbonyl (C=O) groups excluding carboxylic acids is 1. The topological polar surface area (TPSA) is 96.0 Å². The molecule has 0 aliphatic carbocycles. The van der Waals surface area contributed by atoms with Gasteiger partial charge < -0.3 is 9.72 Å². The van der Waals surface area contributed by atoms with Crippen molar-refractivity contribution in [1.82, 2.24) is 25.1 Å². The first kappa shape index (κ1) is 14.7. The SMILES string of the molecule is O=C(CN1CCc2nc[nH]c2C1)Nc1nnc([C@@H]2CCCO2)s1. The van der Waals surface area contributed by atoms with Gasteiger partial charge in [0.25, 0.3) is 0 Å². The molecule has 0 aromatic carbocycles. The summed E-state index contributed by atoms with van der Waals surface area (Å²) in [4.78, 5) is 21.7. The number of ether oxygens (including phenoxy) is 1. The minimum Gasteiger partial charge on any atom is -0.371 e. The zero-order valence-electron chi connectivity index (χ0n) is 12.6. The van der Waals surface area contributed by atoms with E-state index in [0.29, 0.717) is 11.7 Å². The summed E-state index contributed by atoms with van der Waals surface area (Å²) in [5.74, 6) is -0.0667. The highest BCUT2D eigenvalue weighted by atomic mass is 32.1. The van der Waals surface area contributed by atoms with Crippen LogP contribution in [0.3, 0.4) is 0 Å². The summed E-state index contributed by atoms with van der Waals surface area (Å²) in [6.07, 6.45) is 4.65. The van der Waals surface area contributed by atoms with E-state index in [9.17, 15) is 4.79 Å². The van der Waals surface area contributed by atoms with Crippen LogP contribution in [0.1, 0.15) is 35.3 Å². The number of fused-ring (bicyclic) bond motifs is 1. The Morgan fingerprint density at radius 1 is 1.52 bits per heavy atom. The van der Waals surface area contributed by atoms with Crippen LogP contribution in [0.15, 0.2) is 6.33 Å². The van der Waals surface area contributed by atoms with Crippen LogP contribution in [0.4, 0.5) is 5.13 Å². The molecule has 1 amide bonds. The number of nitrogens with one attached hydrogen (secondary N) is 2. The number of anilines is 1. The lowest BCUT2D eigenvalue weighted by Gasteiger charge is -2.24. The molecule has 1 saturated heterocycles. The van der Waals surface area contributed by atoms with Crippen molar-refractivity contribution in [3.63, 3.8) is 0 Å². The molecule has 2 aromatic rings. The summed E-state index contributed by atoms with van der Waals surface area (Å²) >= 11 is 1.40. The van der Waals surface area contributed by atoms with Crippen LogP contribution < -0.4 is 5.32 Å². The summed E-state index contributed by atoms with van der Waals surface area (Å²) in [6, 6.07) is 0.